The third kappa shape index (κ3) is 3.73. The Hall–Kier alpha value is -1.08. The predicted molar refractivity (Wildman–Crippen MR) is 81.4 cm³/mol. The first-order chi connectivity index (χ1) is 9.61. The van der Waals surface area contributed by atoms with Crippen molar-refractivity contribution in [2.45, 2.75) is 37.2 Å². The van der Waals surface area contributed by atoms with Crippen LogP contribution in [0.25, 0.3) is 0 Å². The van der Waals surface area contributed by atoms with Crippen LogP contribution < -0.4 is 5.69 Å². The van der Waals surface area contributed by atoms with Crippen LogP contribution in [0.5, 0.6) is 0 Å². The Morgan fingerprint density at radius 1 is 1.50 bits per heavy atom. The van der Waals surface area contributed by atoms with Gasteiger partial charge in [0.2, 0.25) is 0 Å². The molecular weight excluding hydrogens is 345 g/mol. The molecule has 0 aliphatic rings. The number of H-pyrrole nitrogens is 1. The maximum Gasteiger partial charge on any atom is 0.343 e. The van der Waals surface area contributed by atoms with E-state index < -0.39 is 0 Å². The standard InChI is InChI=1S/C13H15BrFN3OS/c1-2-3-6-18-12(19)16-17-13(18)20-8-9-4-5-11(15)10(14)7-9/h4-5,7H,2-3,6,8H2,1H3,(H,16,19). The third-order valence-electron chi connectivity index (χ3n) is 2.81. The molecule has 0 amide bonds. The van der Waals surface area contributed by atoms with E-state index in [2.05, 4.69) is 33.1 Å². The topological polar surface area (TPSA) is 50.7 Å². The summed E-state index contributed by atoms with van der Waals surface area (Å²) in [6.07, 6.45) is 1.96. The molecule has 1 aromatic carbocycles. The lowest BCUT2D eigenvalue weighted by molar-refractivity contribution is 0.573. The maximum atomic E-state index is 13.2. The van der Waals surface area contributed by atoms with Crippen molar-refractivity contribution < 1.29 is 4.39 Å². The van der Waals surface area contributed by atoms with Gasteiger partial charge >= 0.3 is 5.69 Å². The minimum Gasteiger partial charge on any atom is -0.270 e. The molecule has 0 spiro atoms. The highest BCUT2D eigenvalue weighted by molar-refractivity contribution is 9.10. The zero-order chi connectivity index (χ0) is 14.5. The summed E-state index contributed by atoms with van der Waals surface area (Å²) in [5.41, 5.74) is 0.794. The molecular formula is C13H15BrFN3OS. The molecule has 4 nitrogen and oxygen atoms in total. The largest absolute Gasteiger partial charge is 0.343 e. The first kappa shape index (κ1) is 15.3. The van der Waals surface area contributed by atoms with Gasteiger partial charge in [-0.05, 0) is 40.0 Å². The highest BCUT2D eigenvalue weighted by Crippen LogP contribution is 2.23. The summed E-state index contributed by atoms with van der Waals surface area (Å²) in [6.45, 7) is 2.75. The van der Waals surface area contributed by atoms with E-state index in [0.29, 0.717) is 21.9 Å². The Kier molecular flexibility index (Phi) is 5.42. The number of nitrogens with zero attached hydrogens (tertiary/aromatic N) is 2. The van der Waals surface area contributed by atoms with Crippen LogP contribution >= 0.6 is 27.7 Å². The molecule has 7 heteroatoms. The molecule has 20 heavy (non-hydrogen) atoms. The van der Waals surface area contributed by atoms with E-state index in [1.165, 1.54) is 17.8 Å². The van der Waals surface area contributed by atoms with E-state index in [-0.39, 0.29) is 11.5 Å². The summed E-state index contributed by atoms with van der Waals surface area (Å²) < 4.78 is 15.2. The molecule has 0 fully saturated rings. The molecule has 1 aromatic heterocycles. The molecule has 0 atom stereocenters. The van der Waals surface area contributed by atoms with Gasteiger partial charge in [0.15, 0.2) is 5.16 Å². The number of aromatic amines is 1. The monoisotopic (exact) mass is 359 g/mol. The van der Waals surface area contributed by atoms with Gasteiger partial charge in [-0.25, -0.2) is 14.3 Å². The first-order valence-electron chi connectivity index (χ1n) is 6.33. The zero-order valence-electron chi connectivity index (χ0n) is 11.0. The summed E-state index contributed by atoms with van der Waals surface area (Å²) in [7, 11) is 0. The number of hydrogen-bond donors (Lipinski definition) is 1. The lowest BCUT2D eigenvalue weighted by Gasteiger charge is -2.05. The molecule has 108 valence electrons. The first-order valence-corrected chi connectivity index (χ1v) is 8.11. The fraction of sp³-hybridized carbons (Fsp3) is 0.385. The number of unbranched alkanes of at least 4 members (excludes halogenated alkanes) is 1. The molecule has 0 bridgehead atoms. The minimum atomic E-state index is -0.279. The van der Waals surface area contributed by atoms with Crippen LogP contribution in [0.2, 0.25) is 0 Å². The number of rotatable bonds is 6. The molecule has 1 heterocycles. The maximum absolute atomic E-state index is 13.2. The Bertz CT molecular complexity index is 641. The summed E-state index contributed by atoms with van der Waals surface area (Å²) in [6, 6.07) is 4.90. The fourth-order valence-corrected chi connectivity index (χ4v) is 3.05. The van der Waals surface area contributed by atoms with Gasteiger partial charge in [0.25, 0.3) is 0 Å². The average molecular weight is 360 g/mol. The van der Waals surface area contributed by atoms with E-state index in [1.54, 1.807) is 16.7 Å². The summed E-state index contributed by atoms with van der Waals surface area (Å²) >= 11 is 4.63. The molecule has 0 aliphatic heterocycles. The lowest BCUT2D eigenvalue weighted by Crippen LogP contribution is -2.17. The van der Waals surface area contributed by atoms with Crippen LogP contribution in [-0.4, -0.2) is 14.8 Å². The highest BCUT2D eigenvalue weighted by Gasteiger charge is 2.09. The van der Waals surface area contributed by atoms with Crippen molar-refractivity contribution in [3.63, 3.8) is 0 Å². The molecule has 0 unspecified atom stereocenters. The normalized spacial score (nSPS) is 10.9. The van der Waals surface area contributed by atoms with Crippen LogP contribution in [0, 0.1) is 5.82 Å². The second-order valence-electron chi connectivity index (χ2n) is 4.35. The second-order valence-corrected chi connectivity index (χ2v) is 6.15. The molecule has 0 aliphatic carbocycles. The SMILES string of the molecule is CCCCn1c(SCc2ccc(F)c(Br)c2)n[nH]c1=O. The third-order valence-corrected chi connectivity index (χ3v) is 4.47. The number of aromatic nitrogens is 3. The number of halogens is 2. The fourth-order valence-electron chi connectivity index (χ4n) is 1.70. The summed E-state index contributed by atoms with van der Waals surface area (Å²) in [5.74, 6) is 0.355. The average Bonchev–Trinajstić information content (AvgIpc) is 2.78. The van der Waals surface area contributed by atoms with Gasteiger partial charge < -0.3 is 0 Å². The molecule has 0 saturated carbocycles. The quantitative estimate of drug-likeness (QED) is 0.802. The van der Waals surface area contributed by atoms with Crippen molar-refractivity contribution in [3.8, 4) is 0 Å². The smallest absolute Gasteiger partial charge is 0.270 e. The number of hydrogen-bond acceptors (Lipinski definition) is 3. The Morgan fingerprint density at radius 3 is 3.00 bits per heavy atom. The van der Waals surface area contributed by atoms with E-state index in [9.17, 15) is 9.18 Å². The Balaban J connectivity index is 2.06. The van der Waals surface area contributed by atoms with Gasteiger partial charge in [-0.3, -0.25) is 4.57 Å². The van der Waals surface area contributed by atoms with Crippen molar-refractivity contribution in [1.82, 2.24) is 14.8 Å². The number of thioether (sulfide) groups is 1. The second kappa shape index (κ2) is 7.08. The van der Waals surface area contributed by atoms with Crippen molar-refractivity contribution in [3.05, 3.63) is 44.5 Å². The molecule has 0 radical (unpaired) electrons. The summed E-state index contributed by atoms with van der Waals surface area (Å²) in [5, 5.41) is 7.17. The minimum absolute atomic E-state index is 0.179. The van der Waals surface area contributed by atoms with E-state index in [0.717, 1.165) is 18.4 Å². The van der Waals surface area contributed by atoms with Crippen molar-refractivity contribution in [1.29, 1.82) is 0 Å². The lowest BCUT2D eigenvalue weighted by atomic mass is 10.2. The van der Waals surface area contributed by atoms with E-state index >= 15 is 0 Å². The van der Waals surface area contributed by atoms with E-state index in [4.69, 9.17) is 0 Å². The van der Waals surface area contributed by atoms with Crippen LogP contribution in [-0.2, 0) is 12.3 Å². The number of nitrogens with one attached hydrogen (secondary N) is 1. The van der Waals surface area contributed by atoms with Gasteiger partial charge in [-0.15, -0.1) is 5.10 Å². The van der Waals surface area contributed by atoms with Crippen LogP contribution in [0.4, 0.5) is 4.39 Å². The zero-order valence-corrected chi connectivity index (χ0v) is 13.4. The van der Waals surface area contributed by atoms with Crippen LogP contribution in [0.1, 0.15) is 25.3 Å². The van der Waals surface area contributed by atoms with Gasteiger partial charge in [0, 0.05) is 12.3 Å². The van der Waals surface area contributed by atoms with Crippen LogP contribution in [0.3, 0.4) is 0 Å². The Morgan fingerprint density at radius 2 is 2.30 bits per heavy atom. The van der Waals surface area contributed by atoms with Gasteiger partial charge in [0.1, 0.15) is 5.82 Å². The number of benzene rings is 1. The van der Waals surface area contributed by atoms with Crippen molar-refractivity contribution in [2.24, 2.45) is 0 Å². The molecule has 2 rings (SSSR count). The molecule has 1 N–H and O–H groups in total. The predicted octanol–water partition coefficient (Wildman–Crippen LogP) is 3.57. The van der Waals surface area contributed by atoms with Gasteiger partial charge in [0.05, 0.1) is 4.47 Å². The van der Waals surface area contributed by atoms with E-state index in [1.807, 2.05) is 0 Å². The van der Waals surface area contributed by atoms with Crippen molar-refractivity contribution in [2.75, 3.05) is 0 Å². The van der Waals surface area contributed by atoms with Crippen LogP contribution in [0.15, 0.2) is 32.6 Å². The molecule has 0 saturated heterocycles. The van der Waals surface area contributed by atoms with Crippen molar-refractivity contribution >= 4 is 27.7 Å². The van der Waals surface area contributed by atoms with Gasteiger partial charge in [-0.2, -0.15) is 0 Å². The Labute approximate surface area is 128 Å². The van der Waals surface area contributed by atoms with Gasteiger partial charge in [-0.1, -0.05) is 31.2 Å². The highest BCUT2D eigenvalue weighted by atomic mass is 79.9. The molecule has 2 aromatic rings. The summed E-state index contributed by atoms with van der Waals surface area (Å²) in [4.78, 5) is 11.6.